The monoisotopic (exact) mass is 298 g/mol. The van der Waals surface area contributed by atoms with Crippen LogP contribution >= 0.6 is 0 Å². The van der Waals surface area contributed by atoms with Gasteiger partial charge in [-0.1, -0.05) is 70.4 Å². The summed E-state index contributed by atoms with van der Waals surface area (Å²) in [6.45, 7) is 2.26. The molecule has 0 saturated heterocycles. The number of carbonyl (C=O) groups is 1. The molecule has 0 rings (SSSR count). The second-order valence-electron chi connectivity index (χ2n) is 5.73. The first-order valence-electron chi connectivity index (χ1n) is 8.64. The van der Waals surface area contributed by atoms with Gasteiger partial charge < -0.3 is 5.11 Å². The summed E-state index contributed by atoms with van der Waals surface area (Å²) in [7, 11) is 0. The zero-order valence-electron chi connectivity index (χ0n) is 13.8. The molecular formula is C18H34O3. The van der Waals surface area contributed by atoms with Crippen molar-refractivity contribution < 1.29 is 15.4 Å². The van der Waals surface area contributed by atoms with Crippen LogP contribution in [0.25, 0.3) is 0 Å². The van der Waals surface area contributed by atoms with Crippen LogP contribution in [0.5, 0.6) is 0 Å². The molecule has 1 N–H and O–H groups in total. The van der Waals surface area contributed by atoms with E-state index in [1.165, 1.54) is 70.6 Å². The zero-order valence-corrected chi connectivity index (χ0v) is 13.8. The van der Waals surface area contributed by atoms with E-state index in [9.17, 15) is 4.79 Å². The fourth-order valence-electron chi connectivity index (χ4n) is 2.35. The number of carboxylic acid groups (broad SMARTS) is 1. The zero-order chi connectivity index (χ0) is 14.9. The van der Waals surface area contributed by atoms with Crippen molar-refractivity contribution in [3.8, 4) is 0 Å². The lowest BCUT2D eigenvalue weighted by Crippen LogP contribution is -1.93. The molecule has 0 amide bonds. The number of allylic oxidation sites excluding steroid dienone is 2. The Morgan fingerprint density at radius 3 is 1.67 bits per heavy atom. The molecule has 0 saturated carbocycles. The summed E-state index contributed by atoms with van der Waals surface area (Å²) in [5.41, 5.74) is 0. The summed E-state index contributed by atoms with van der Waals surface area (Å²) in [6.07, 6.45) is 21.2. The first-order chi connectivity index (χ1) is 9.77. The molecule has 21 heavy (non-hydrogen) atoms. The van der Waals surface area contributed by atoms with Crippen LogP contribution in [0.4, 0.5) is 0 Å². The van der Waals surface area contributed by atoms with E-state index in [4.69, 9.17) is 5.11 Å². The van der Waals surface area contributed by atoms with Crippen molar-refractivity contribution in [1.82, 2.24) is 0 Å². The quantitative estimate of drug-likeness (QED) is 0.298. The van der Waals surface area contributed by atoms with Gasteiger partial charge in [0.25, 0.3) is 0 Å². The molecule has 0 aromatic rings. The summed E-state index contributed by atoms with van der Waals surface area (Å²) in [5.74, 6) is -0.664. The Morgan fingerprint density at radius 1 is 0.762 bits per heavy atom. The topological polar surface area (TPSA) is 65.8 Å². The Labute approximate surface area is 131 Å². The van der Waals surface area contributed by atoms with Crippen molar-refractivity contribution in [2.24, 2.45) is 0 Å². The second-order valence-corrected chi connectivity index (χ2v) is 5.73. The van der Waals surface area contributed by atoms with Gasteiger partial charge in [0.15, 0.2) is 0 Å². The van der Waals surface area contributed by atoms with Gasteiger partial charge in [0.2, 0.25) is 0 Å². The van der Waals surface area contributed by atoms with Gasteiger partial charge in [0, 0.05) is 11.9 Å². The molecule has 0 heterocycles. The number of unbranched alkanes of at least 4 members (excludes halogenated alkanes) is 11. The highest BCUT2D eigenvalue weighted by Crippen LogP contribution is 2.09. The molecule has 3 nitrogen and oxygen atoms in total. The van der Waals surface area contributed by atoms with E-state index >= 15 is 0 Å². The molecule has 0 aliphatic rings. The van der Waals surface area contributed by atoms with E-state index in [1.54, 1.807) is 0 Å². The van der Waals surface area contributed by atoms with Crippen molar-refractivity contribution in [3.05, 3.63) is 12.2 Å². The second kappa shape index (κ2) is 19.2. The van der Waals surface area contributed by atoms with E-state index in [2.05, 4.69) is 19.1 Å². The Balaban J connectivity index is 0. The van der Waals surface area contributed by atoms with Gasteiger partial charge in [-0.05, 0) is 32.1 Å². The van der Waals surface area contributed by atoms with Crippen molar-refractivity contribution in [1.29, 1.82) is 0 Å². The average molecular weight is 298 g/mol. The molecule has 0 aliphatic carbocycles. The molecule has 0 unspecified atom stereocenters. The third-order valence-corrected chi connectivity index (χ3v) is 3.65. The maximum atomic E-state index is 10.3. The third-order valence-electron chi connectivity index (χ3n) is 3.65. The Morgan fingerprint density at radius 2 is 1.19 bits per heavy atom. The van der Waals surface area contributed by atoms with E-state index in [0.29, 0.717) is 6.42 Å². The third kappa shape index (κ3) is 21.6. The van der Waals surface area contributed by atoms with Crippen LogP contribution < -0.4 is 0 Å². The normalized spacial score (nSPS) is 10.7. The standard InChI is InChI=1S/C18H34O2.O/c1-2-3-4-5-6-7-8-9-10-11-12-13-14-15-16-17-18(19)20;/h9-10H,2-8,11-17H2,1H3,(H,19,20);/b10-9-;. The van der Waals surface area contributed by atoms with E-state index < -0.39 is 5.97 Å². The summed E-state index contributed by atoms with van der Waals surface area (Å²) in [4.78, 5) is 10.3. The molecular weight excluding hydrogens is 264 g/mol. The predicted octanol–water partition coefficient (Wildman–Crippen LogP) is 5.99. The number of carboxylic acids is 1. The minimum absolute atomic E-state index is 0. The summed E-state index contributed by atoms with van der Waals surface area (Å²) >= 11 is 0. The molecule has 0 fully saturated rings. The van der Waals surface area contributed by atoms with Crippen molar-refractivity contribution >= 4 is 5.97 Å². The molecule has 0 aromatic heterocycles. The van der Waals surface area contributed by atoms with E-state index in [1.807, 2.05) is 0 Å². The Hall–Kier alpha value is -0.830. The number of hydrogen-bond acceptors (Lipinski definition) is 1. The van der Waals surface area contributed by atoms with Gasteiger partial charge in [-0.3, -0.25) is 4.79 Å². The van der Waals surface area contributed by atoms with E-state index in [-0.39, 0.29) is 5.48 Å². The molecule has 0 spiro atoms. The Kier molecular flexibility index (Phi) is 20.5. The van der Waals surface area contributed by atoms with E-state index in [0.717, 1.165) is 12.8 Å². The number of rotatable bonds is 15. The van der Waals surface area contributed by atoms with Gasteiger partial charge in [0.05, 0.1) is 0 Å². The minimum Gasteiger partial charge on any atom is -0.481 e. The van der Waals surface area contributed by atoms with Crippen LogP contribution in [-0.4, -0.2) is 11.1 Å². The lowest BCUT2D eigenvalue weighted by Gasteiger charge is -1.99. The molecule has 124 valence electrons. The van der Waals surface area contributed by atoms with Crippen LogP contribution in [0.3, 0.4) is 0 Å². The van der Waals surface area contributed by atoms with Crippen molar-refractivity contribution in [3.63, 3.8) is 0 Å². The molecule has 2 radical (unpaired) electrons. The lowest BCUT2D eigenvalue weighted by molar-refractivity contribution is -0.137. The van der Waals surface area contributed by atoms with Crippen molar-refractivity contribution in [2.75, 3.05) is 0 Å². The highest BCUT2D eigenvalue weighted by Gasteiger charge is 1.95. The molecule has 0 bridgehead atoms. The van der Waals surface area contributed by atoms with Crippen LogP contribution in [0.15, 0.2) is 12.2 Å². The maximum absolute atomic E-state index is 10.3. The van der Waals surface area contributed by atoms with Gasteiger partial charge in [-0.15, -0.1) is 0 Å². The number of aliphatic carboxylic acids is 1. The van der Waals surface area contributed by atoms with Gasteiger partial charge in [-0.2, -0.15) is 0 Å². The summed E-state index contributed by atoms with van der Waals surface area (Å²) in [5, 5.41) is 8.51. The minimum atomic E-state index is -0.664. The van der Waals surface area contributed by atoms with Crippen LogP contribution in [0, 0.1) is 0 Å². The van der Waals surface area contributed by atoms with Crippen LogP contribution in [0.1, 0.15) is 96.8 Å². The fourth-order valence-corrected chi connectivity index (χ4v) is 2.35. The van der Waals surface area contributed by atoms with Crippen LogP contribution in [-0.2, 0) is 10.3 Å². The highest BCUT2D eigenvalue weighted by molar-refractivity contribution is 5.66. The number of hydrogen-bond donors (Lipinski definition) is 1. The summed E-state index contributed by atoms with van der Waals surface area (Å²) < 4.78 is 0. The average Bonchev–Trinajstić information content (AvgIpc) is 2.43. The van der Waals surface area contributed by atoms with Gasteiger partial charge in [-0.25, -0.2) is 0 Å². The first-order valence-corrected chi connectivity index (χ1v) is 8.64. The van der Waals surface area contributed by atoms with Crippen LogP contribution in [0.2, 0.25) is 0 Å². The first kappa shape index (κ1) is 22.5. The highest BCUT2D eigenvalue weighted by atomic mass is 16.4. The van der Waals surface area contributed by atoms with Gasteiger partial charge in [0.1, 0.15) is 0 Å². The molecule has 0 aliphatic heterocycles. The molecule has 0 aromatic carbocycles. The smallest absolute Gasteiger partial charge is 0.303 e. The van der Waals surface area contributed by atoms with Crippen molar-refractivity contribution in [2.45, 2.75) is 96.8 Å². The predicted molar refractivity (Wildman–Crippen MR) is 87.8 cm³/mol. The largest absolute Gasteiger partial charge is 0.481 e. The Bertz CT molecular complexity index is 237. The summed E-state index contributed by atoms with van der Waals surface area (Å²) in [6, 6.07) is 0. The lowest BCUT2D eigenvalue weighted by atomic mass is 10.1. The van der Waals surface area contributed by atoms with Gasteiger partial charge >= 0.3 is 5.97 Å². The SMILES string of the molecule is CCCCCCCC/C=C\CCCCCCCC(=O)O.[O]. The molecule has 3 heteroatoms. The fraction of sp³-hybridized carbons (Fsp3) is 0.833. The molecule has 0 atom stereocenters. The maximum Gasteiger partial charge on any atom is 0.303 e.